The Morgan fingerprint density at radius 1 is 1.00 bits per heavy atom. The van der Waals surface area contributed by atoms with Crippen LogP contribution >= 0.6 is 0 Å². The van der Waals surface area contributed by atoms with Gasteiger partial charge in [0.25, 0.3) is 0 Å². The highest BCUT2D eigenvalue weighted by Crippen LogP contribution is 2.37. The van der Waals surface area contributed by atoms with E-state index in [9.17, 15) is 24.6 Å². The van der Waals surface area contributed by atoms with Crippen LogP contribution in [0.15, 0.2) is 65.5 Å². The van der Waals surface area contributed by atoms with Crippen LogP contribution in [0.25, 0.3) is 17.1 Å². The lowest BCUT2D eigenvalue weighted by atomic mass is 9.98. The maximum absolute atomic E-state index is 12.7. The minimum Gasteiger partial charge on any atom is -0.508 e. The number of aromatic amines is 1. The van der Waals surface area contributed by atoms with Crippen molar-refractivity contribution < 1.29 is 24.5 Å². The van der Waals surface area contributed by atoms with Gasteiger partial charge in [0.15, 0.2) is 5.82 Å². The summed E-state index contributed by atoms with van der Waals surface area (Å²) in [4.78, 5) is 41.7. The largest absolute Gasteiger partial charge is 0.508 e. The van der Waals surface area contributed by atoms with Gasteiger partial charge in [-0.1, -0.05) is 38.1 Å². The highest BCUT2D eigenvalue weighted by atomic mass is 16.6. The summed E-state index contributed by atoms with van der Waals surface area (Å²) in [6.45, 7) is 7.42. The van der Waals surface area contributed by atoms with Gasteiger partial charge in [-0.25, -0.2) is 19.3 Å². The van der Waals surface area contributed by atoms with Gasteiger partial charge in [-0.2, -0.15) is 5.10 Å². The predicted molar refractivity (Wildman–Crippen MR) is 164 cm³/mol. The van der Waals surface area contributed by atoms with Crippen LogP contribution < -0.4 is 10.4 Å². The van der Waals surface area contributed by atoms with Crippen LogP contribution in [0.3, 0.4) is 0 Å². The predicted octanol–water partition coefficient (Wildman–Crippen LogP) is 3.67. The number of rotatable bonds is 9. The molecule has 4 aromatic rings. The lowest BCUT2D eigenvalue weighted by Gasteiger charge is -2.34. The monoisotopic (exact) mass is 600 g/mol. The summed E-state index contributed by atoms with van der Waals surface area (Å²) < 4.78 is 6.94. The van der Waals surface area contributed by atoms with E-state index < -0.39 is 11.8 Å². The molecule has 5 rings (SSSR count). The van der Waals surface area contributed by atoms with Gasteiger partial charge in [-0.15, -0.1) is 0 Å². The second-order valence-corrected chi connectivity index (χ2v) is 11.2. The number of aromatic hydroxyl groups is 2. The molecule has 1 saturated heterocycles. The number of piperazine rings is 1. The molecule has 0 radical (unpaired) electrons. The van der Waals surface area contributed by atoms with Crippen LogP contribution in [0.4, 0.5) is 4.79 Å². The normalized spacial score (nSPS) is 13.7. The molecular weight excluding hydrogens is 564 g/mol. The van der Waals surface area contributed by atoms with E-state index in [1.165, 1.54) is 15.5 Å². The van der Waals surface area contributed by atoms with E-state index in [4.69, 9.17) is 4.74 Å². The van der Waals surface area contributed by atoms with Gasteiger partial charge in [-0.3, -0.25) is 9.69 Å². The molecular formula is C32H36N6O6. The Kier molecular flexibility index (Phi) is 9.00. The number of nitrogens with one attached hydrogen (secondary N) is 1. The second-order valence-electron chi connectivity index (χ2n) is 11.2. The number of carbonyl (C=O) groups excluding carboxylic acids is 2. The summed E-state index contributed by atoms with van der Waals surface area (Å²) >= 11 is 0. The van der Waals surface area contributed by atoms with Crippen molar-refractivity contribution in [2.75, 3.05) is 33.2 Å². The molecule has 3 aromatic carbocycles. The summed E-state index contributed by atoms with van der Waals surface area (Å²) in [5.41, 5.74) is 3.09. The SMILES string of the molecule is CC(C)c1cc(-c2n[nH]c(=O)n2-c2ccc(CN3CCN(C(=O)Oc4ccc(CN(C)C=O)cc4)CC3)cc2)c(O)cc1O. The van der Waals surface area contributed by atoms with E-state index in [-0.39, 0.29) is 23.2 Å². The van der Waals surface area contributed by atoms with Crippen molar-refractivity contribution in [3.05, 3.63) is 87.8 Å². The summed E-state index contributed by atoms with van der Waals surface area (Å²) in [5.74, 6) is 0.506. The van der Waals surface area contributed by atoms with Gasteiger partial charge in [0.05, 0.1) is 11.3 Å². The molecule has 1 aliphatic rings. The first-order chi connectivity index (χ1) is 21.1. The molecule has 0 spiro atoms. The van der Waals surface area contributed by atoms with E-state index in [1.54, 1.807) is 30.1 Å². The number of benzene rings is 3. The second kappa shape index (κ2) is 13.0. The zero-order valence-electron chi connectivity index (χ0n) is 24.9. The molecule has 0 aliphatic carbocycles. The quantitative estimate of drug-likeness (QED) is 0.247. The van der Waals surface area contributed by atoms with Gasteiger partial charge >= 0.3 is 11.8 Å². The van der Waals surface area contributed by atoms with Crippen molar-refractivity contribution in [1.29, 1.82) is 0 Å². The number of hydrogen-bond acceptors (Lipinski definition) is 8. The Morgan fingerprint density at radius 3 is 2.30 bits per heavy atom. The maximum Gasteiger partial charge on any atom is 0.415 e. The Bertz CT molecular complexity index is 1670. The lowest BCUT2D eigenvalue weighted by molar-refractivity contribution is -0.117. The molecule has 3 N–H and O–H groups in total. The molecule has 0 bridgehead atoms. The molecule has 0 unspecified atom stereocenters. The molecule has 2 heterocycles. The number of aromatic nitrogens is 3. The van der Waals surface area contributed by atoms with E-state index in [0.29, 0.717) is 61.8 Å². The molecule has 1 aromatic heterocycles. The highest BCUT2D eigenvalue weighted by Gasteiger charge is 2.23. The van der Waals surface area contributed by atoms with Crippen LogP contribution in [0.5, 0.6) is 17.2 Å². The van der Waals surface area contributed by atoms with Gasteiger partial charge in [0.1, 0.15) is 17.2 Å². The van der Waals surface area contributed by atoms with Crippen molar-refractivity contribution in [2.24, 2.45) is 0 Å². The lowest BCUT2D eigenvalue weighted by Crippen LogP contribution is -2.49. The minimum atomic E-state index is -0.448. The van der Waals surface area contributed by atoms with Gasteiger partial charge in [0, 0.05) is 52.4 Å². The Hall–Kier alpha value is -5.10. The van der Waals surface area contributed by atoms with Crippen molar-refractivity contribution in [2.45, 2.75) is 32.9 Å². The van der Waals surface area contributed by atoms with Crippen molar-refractivity contribution in [1.82, 2.24) is 29.5 Å². The average Bonchev–Trinajstić information content (AvgIpc) is 3.39. The summed E-state index contributed by atoms with van der Waals surface area (Å²) in [7, 11) is 1.70. The first-order valence-corrected chi connectivity index (χ1v) is 14.4. The molecule has 230 valence electrons. The van der Waals surface area contributed by atoms with Crippen LogP contribution in [0.1, 0.15) is 36.5 Å². The average molecular weight is 601 g/mol. The first-order valence-electron chi connectivity index (χ1n) is 14.4. The smallest absolute Gasteiger partial charge is 0.415 e. The van der Waals surface area contributed by atoms with Gasteiger partial charge in [-0.05, 0) is 52.9 Å². The number of H-pyrrole nitrogens is 1. The Balaban J connectivity index is 1.19. The highest BCUT2D eigenvalue weighted by molar-refractivity contribution is 5.71. The third kappa shape index (κ3) is 6.76. The number of phenolic OH excluding ortho intramolecular Hbond substituents is 2. The first kappa shape index (κ1) is 30.4. The molecule has 2 amide bonds. The molecule has 44 heavy (non-hydrogen) atoms. The van der Waals surface area contributed by atoms with E-state index >= 15 is 0 Å². The number of amides is 2. The molecule has 1 aliphatic heterocycles. The van der Waals surface area contributed by atoms with Crippen LogP contribution in [-0.4, -0.2) is 85.4 Å². The number of hydrogen-bond donors (Lipinski definition) is 3. The fraction of sp³-hybridized carbons (Fsp3) is 0.312. The number of nitrogens with zero attached hydrogens (tertiary/aromatic N) is 5. The molecule has 0 atom stereocenters. The molecule has 12 heteroatoms. The van der Waals surface area contributed by atoms with Gasteiger partial charge < -0.3 is 24.7 Å². The minimum absolute atomic E-state index is 0.000846. The number of carbonyl (C=O) groups is 2. The van der Waals surface area contributed by atoms with Gasteiger partial charge in [0.2, 0.25) is 6.41 Å². The number of ether oxygens (including phenoxy) is 1. The van der Waals surface area contributed by atoms with E-state index in [1.807, 2.05) is 50.2 Å². The standard InChI is InChI=1S/C32H36N6O6/c1-21(2)26-16-27(29(41)17-28(26)40)30-33-34-31(42)38(30)24-8-4-23(5-9-24)19-36-12-14-37(15-13-36)32(43)44-25-10-6-22(7-11-25)18-35(3)20-39/h4-11,16-17,20-21,40-41H,12-15,18-19H2,1-3H3,(H,34,42). The third-order valence-electron chi connectivity index (χ3n) is 7.65. The molecule has 1 fully saturated rings. The summed E-state index contributed by atoms with van der Waals surface area (Å²) in [6, 6.07) is 17.6. The third-order valence-corrected chi connectivity index (χ3v) is 7.65. The topological polar surface area (TPSA) is 144 Å². The molecule has 0 saturated carbocycles. The number of phenols is 2. The van der Waals surface area contributed by atoms with Crippen molar-refractivity contribution >= 4 is 12.5 Å². The van der Waals surface area contributed by atoms with E-state index in [2.05, 4.69) is 15.1 Å². The fourth-order valence-corrected chi connectivity index (χ4v) is 5.20. The molecule has 12 nitrogen and oxygen atoms in total. The van der Waals surface area contributed by atoms with Crippen LogP contribution in [0.2, 0.25) is 0 Å². The van der Waals surface area contributed by atoms with Crippen molar-refractivity contribution in [3.63, 3.8) is 0 Å². The van der Waals surface area contributed by atoms with E-state index in [0.717, 1.165) is 17.5 Å². The van der Waals surface area contributed by atoms with Crippen LogP contribution in [-0.2, 0) is 17.9 Å². The zero-order valence-corrected chi connectivity index (χ0v) is 24.9. The summed E-state index contributed by atoms with van der Waals surface area (Å²) in [6.07, 6.45) is 0.366. The van der Waals surface area contributed by atoms with Crippen LogP contribution in [0, 0.1) is 0 Å². The summed E-state index contributed by atoms with van der Waals surface area (Å²) in [5, 5.41) is 27.4. The fourth-order valence-electron chi connectivity index (χ4n) is 5.20. The Labute approximate surface area is 254 Å². The Morgan fingerprint density at radius 2 is 1.66 bits per heavy atom. The zero-order chi connectivity index (χ0) is 31.4. The van der Waals surface area contributed by atoms with Crippen molar-refractivity contribution in [3.8, 4) is 34.3 Å². The maximum atomic E-state index is 12.7.